The monoisotopic (exact) mass is 631 g/mol. The number of hydrogen-bond acceptors (Lipinski definition) is 6. The van der Waals surface area contributed by atoms with Crippen LogP contribution in [0.5, 0.6) is 17.2 Å². The van der Waals surface area contributed by atoms with Crippen molar-refractivity contribution < 1.29 is 14.2 Å². The molecule has 2 heterocycles. The lowest BCUT2D eigenvalue weighted by Gasteiger charge is -2.14. The lowest BCUT2D eigenvalue weighted by molar-refractivity contribution is 0.174. The molecular formula is C26H20Br2ClN3O4. The largest absolute Gasteiger partial charge is 0.487 e. The molecule has 0 saturated carbocycles. The molecule has 0 atom stereocenters. The Labute approximate surface area is 228 Å². The fourth-order valence-electron chi connectivity index (χ4n) is 3.79. The molecule has 5 rings (SSSR count). The summed E-state index contributed by atoms with van der Waals surface area (Å²) in [5.41, 5.74) is 1.87. The summed E-state index contributed by atoms with van der Waals surface area (Å²) in [5, 5.41) is 5.49. The molecule has 7 nitrogen and oxygen atoms in total. The summed E-state index contributed by atoms with van der Waals surface area (Å²) in [5.74, 6) is 2.45. The van der Waals surface area contributed by atoms with E-state index < -0.39 is 0 Å². The number of benzene rings is 3. The Kier molecular flexibility index (Phi) is 7.05. The topological polar surface area (TPSA) is 74.9 Å². The lowest BCUT2D eigenvalue weighted by Crippen LogP contribution is -2.23. The molecule has 0 saturated heterocycles. The Morgan fingerprint density at radius 1 is 1.14 bits per heavy atom. The van der Waals surface area contributed by atoms with Gasteiger partial charge in [-0.3, -0.25) is 4.79 Å². The van der Waals surface area contributed by atoms with Crippen molar-refractivity contribution in [1.29, 1.82) is 0 Å². The Morgan fingerprint density at radius 3 is 2.75 bits per heavy atom. The minimum Gasteiger partial charge on any atom is -0.487 e. The molecule has 0 radical (unpaired) electrons. The number of hydrogen-bond donors (Lipinski definition) is 0. The van der Waals surface area contributed by atoms with Gasteiger partial charge in [-0.05, 0) is 64.0 Å². The van der Waals surface area contributed by atoms with E-state index in [0.29, 0.717) is 49.0 Å². The van der Waals surface area contributed by atoms with E-state index in [-0.39, 0.29) is 24.9 Å². The molecular weight excluding hydrogens is 614 g/mol. The Morgan fingerprint density at radius 2 is 1.94 bits per heavy atom. The van der Waals surface area contributed by atoms with Crippen LogP contribution in [0.3, 0.4) is 0 Å². The summed E-state index contributed by atoms with van der Waals surface area (Å²) in [7, 11) is 0. The summed E-state index contributed by atoms with van der Waals surface area (Å²) in [6.45, 7) is 4.42. The normalized spacial score (nSPS) is 12.7. The Bertz CT molecular complexity index is 1570. The lowest BCUT2D eigenvalue weighted by atomic mass is 10.2. The maximum absolute atomic E-state index is 13.3. The molecule has 0 fully saturated rings. The van der Waals surface area contributed by atoms with E-state index in [2.05, 4.69) is 37.0 Å². The van der Waals surface area contributed by atoms with Gasteiger partial charge in [-0.2, -0.15) is 9.78 Å². The zero-order valence-electron chi connectivity index (χ0n) is 19.3. The Balaban J connectivity index is 1.52. The van der Waals surface area contributed by atoms with E-state index in [4.69, 9.17) is 30.8 Å². The van der Waals surface area contributed by atoms with Crippen LogP contribution in [0.25, 0.3) is 10.9 Å². The van der Waals surface area contributed by atoms with Crippen LogP contribution in [-0.2, 0) is 6.61 Å². The first-order valence-electron chi connectivity index (χ1n) is 11.1. The molecule has 0 amide bonds. The van der Waals surface area contributed by atoms with Crippen molar-refractivity contribution in [3.8, 4) is 17.2 Å². The quantitative estimate of drug-likeness (QED) is 0.216. The molecule has 36 heavy (non-hydrogen) atoms. The zero-order valence-corrected chi connectivity index (χ0v) is 23.2. The molecule has 4 aromatic rings. The summed E-state index contributed by atoms with van der Waals surface area (Å²) in [4.78, 5) is 18.0. The van der Waals surface area contributed by atoms with E-state index in [0.717, 1.165) is 10.0 Å². The van der Waals surface area contributed by atoms with Crippen molar-refractivity contribution >= 4 is 60.6 Å². The van der Waals surface area contributed by atoms with E-state index in [9.17, 15) is 4.79 Å². The van der Waals surface area contributed by atoms with Crippen LogP contribution in [0.4, 0.5) is 0 Å². The summed E-state index contributed by atoms with van der Waals surface area (Å²) in [6.07, 6.45) is 1.56. The first kappa shape index (κ1) is 24.8. The fraction of sp³-hybridized carbons (Fsp3) is 0.192. The molecule has 3 aromatic carbocycles. The molecule has 1 aliphatic rings. The number of aromatic nitrogens is 2. The first-order valence-corrected chi connectivity index (χ1v) is 13.0. The van der Waals surface area contributed by atoms with Gasteiger partial charge in [0.15, 0.2) is 11.5 Å². The van der Waals surface area contributed by atoms with Gasteiger partial charge in [0, 0.05) is 21.0 Å². The molecule has 1 aromatic heterocycles. The van der Waals surface area contributed by atoms with Crippen LogP contribution < -0.4 is 19.8 Å². The van der Waals surface area contributed by atoms with Gasteiger partial charge in [0.05, 0.1) is 21.6 Å². The molecule has 1 aliphatic heterocycles. The van der Waals surface area contributed by atoms with Gasteiger partial charge in [-0.1, -0.05) is 47.4 Å². The highest BCUT2D eigenvalue weighted by molar-refractivity contribution is 9.10. The van der Waals surface area contributed by atoms with Crippen molar-refractivity contribution in [2.24, 2.45) is 5.10 Å². The van der Waals surface area contributed by atoms with E-state index in [1.807, 2.05) is 44.2 Å². The van der Waals surface area contributed by atoms with Crippen molar-refractivity contribution in [3.05, 3.63) is 89.8 Å². The van der Waals surface area contributed by atoms with Crippen molar-refractivity contribution in [1.82, 2.24) is 9.66 Å². The van der Waals surface area contributed by atoms with Crippen LogP contribution in [0.1, 0.15) is 36.7 Å². The predicted molar refractivity (Wildman–Crippen MR) is 147 cm³/mol. The minimum atomic E-state index is -0.259. The number of fused-ring (bicyclic) bond motifs is 2. The van der Waals surface area contributed by atoms with Gasteiger partial charge in [0.2, 0.25) is 6.79 Å². The molecule has 0 spiro atoms. The molecule has 0 bridgehead atoms. The second-order valence-electron chi connectivity index (χ2n) is 8.43. The second kappa shape index (κ2) is 10.2. The first-order chi connectivity index (χ1) is 17.3. The third-order valence-electron chi connectivity index (χ3n) is 5.52. The average molecular weight is 634 g/mol. The highest BCUT2D eigenvalue weighted by Gasteiger charge is 2.16. The highest BCUT2D eigenvalue weighted by atomic mass is 79.9. The fourth-order valence-corrected chi connectivity index (χ4v) is 5.10. The number of rotatable bonds is 6. The Hall–Kier alpha value is -2.88. The minimum absolute atomic E-state index is 0.0317. The molecule has 0 N–H and O–H groups in total. The summed E-state index contributed by atoms with van der Waals surface area (Å²) < 4.78 is 19.8. The van der Waals surface area contributed by atoms with Gasteiger partial charge in [-0.25, -0.2) is 4.98 Å². The smallest absolute Gasteiger partial charge is 0.282 e. The maximum Gasteiger partial charge on any atom is 0.282 e. The van der Waals surface area contributed by atoms with Gasteiger partial charge < -0.3 is 14.2 Å². The number of nitrogens with zero attached hydrogens (tertiary/aromatic N) is 3. The maximum atomic E-state index is 13.3. The molecule has 0 aliphatic carbocycles. The SMILES string of the molecule is CC(C)c1nc2ccc(Br)cc2c(=O)n1N=Cc1cc(Cl)cc(Br)c1OCc1ccc2c(c1)OCO2. The predicted octanol–water partition coefficient (Wildman–Crippen LogP) is 6.89. The van der Waals surface area contributed by atoms with Crippen LogP contribution in [0.2, 0.25) is 5.02 Å². The van der Waals surface area contributed by atoms with Crippen molar-refractivity contribution in [3.63, 3.8) is 0 Å². The van der Waals surface area contributed by atoms with Crippen LogP contribution >= 0.6 is 43.5 Å². The van der Waals surface area contributed by atoms with Crippen LogP contribution in [-0.4, -0.2) is 22.7 Å². The second-order valence-corrected chi connectivity index (χ2v) is 10.6. The van der Waals surface area contributed by atoms with Crippen molar-refractivity contribution in [2.75, 3.05) is 6.79 Å². The summed E-state index contributed by atoms with van der Waals surface area (Å²) >= 11 is 13.3. The zero-order chi connectivity index (χ0) is 25.4. The third-order valence-corrected chi connectivity index (χ3v) is 6.82. The van der Waals surface area contributed by atoms with E-state index in [1.54, 1.807) is 24.4 Å². The van der Waals surface area contributed by atoms with E-state index in [1.165, 1.54) is 4.68 Å². The molecule has 0 unspecified atom stereocenters. The number of ether oxygens (including phenoxy) is 3. The van der Waals surface area contributed by atoms with Gasteiger partial charge in [-0.15, -0.1) is 0 Å². The molecule has 184 valence electrons. The van der Waals surface area contributed by atoms with E-state index >= 15 is 0 Å². The van der Waals surface area contributed by atoms with Crippen LogP contribution in [0.15, 0.2) is 67.4 Å². The standard InChI is InChI=1S/C26H20Br2ClN3O4/c1-14(2)25-31-21-5-4-17(27)9-19(21)26(33)32(25)30-11-16-8-18(29)10-20(28)24(16)34-12-15-3-6-22-23(7-15)36-13-35-22/h3-11,14H,12-13H2,1-2H3. The average Bonchev–Trinajstić information content (AvgIpc) is 3.31. The molecule has 10 heteroatoms. The number of halogens is 3. The van der Waals surface area contributed by atoms with Gasteiger partial charge in [0.1, 0.15) is 18.2 Å². The van der Waals surface area contributed by atoms with Crippen molar-refractivity contribution in [2.45, 2.75) is 26.4 Å². The highest BCUT2D eigenvalue weighted by Crippen LogP contribution is 2.35. The van der Waals surface area contributed by atoms with Gasteiger partial charge in [0.25, 0.3) is 5.56 Å². The van der Waals surface area contributed by atoms with Crippen LogP contribution in [0, 0.1) is 0 Å². The summed E-state index contributed by atoms with van der Waals surface area (Å²) in [6, 6.07) is 14.6. The third kappa shape index (κ3) is 5.00. The van der Waals surface area contributed by atoms with Gasteiger partial charge >= 0.3 is 0 Å².